The average molecular weight is 415 g/mol. The lowest BCUT2D eigenvalue weighted by Gasteiger charge is -2.35. The Morgan fingerprint density at radius 2 is 1.90 bits per heavy atom. The predicted octanol–water partition coefficient (Wildman–Crippen LogP) is 2.76. The van der Waals surface area contributed by atoms with Crippen molar-refractivity contribution in [3.63, 3.8) is 0 Å². The zero-order valence-electron chi connectivity index (χ0n) is 16.4. The second-order valence-electron chi connectivity index (χ2n) is 6.75. The number of hydrogen-bond acceptors (Lipinski definition) is 5. The molecule has 2 aromatic carbocycles. The standard InChI is InChI=1S/C21H19F2N3O4/c1-29-14-3-4-19(30-2)13(5-14)6-20(27)25-18-7-15(16(22)8-17(18)23)21(28)26-10-12(9-24)11-26/h3-5,7-8,12H,6,10-11H2,1-2H3,(H,25,27). The summed E-state index contributed by atoms with van der Waals surface area (Å²) in [6.45, 7) is 0.368. The fraction of sp³-hybridized carbons (Fsp3) is 0.286. The Labute approximate surface area is 171 Å². The molecule has 2 aromatic rings. The maximum atomic E-state index is 14.2. The molecule has 1 fully saturated rings. The van der Waals surface area contributed by atoms with E-state index in [2.05, 4.69) is 5.32 Å². The number of rotatable bonds is 6. The van der Waals surface area contributed by atoms with E-state index >= 15 is 0 Å². The van der Waals surface area contributed by atoms with Crippen molar-refractivity contribution in [3.05, 3.63) is 53.1 Å². The van der Waals surface area contributed by atoms with Gasteiger partial charge in [-0.1, -0.05) is 0 Å². The summed E-state index contributed by atoms with van der Waals surface area (Å²) in [4.78, 5) is 26.2. The minimum absolute atomic E-state index is 0.156. The Morgan fingerprint density at radius 1 is 1.17 bits per heavy atom. The lowest BCUT2D eigenvalue weighted by atomic mass is 10.0. The summed E-state index contributed by atoms with van der Waals surface area (Å²) < 4.78 is 38.7. The van der Waals surface area contributed by atoms with Gasteiger partial charge in [-0.3, -0.25) is 9.59 Å². The number of nitrogens with zero attached hydrogens (tertiary/aromatic N) is 2. The van der Waals surface area contributed by atoms with Crippen molar-refractivity contribution in [2.24, 2.45) is 5.92 Å². The van der Waals surface area contributed by atoms with Gasteiger partial charge < -0.3 is 19.7 Å². The van der Waals surface area contributed by atoms with E-state index < -0.39 is 23.4 Å². The maximum absolute atomic E-state index is 14.2. The van der Waals surface area contributed by atoms with Crippen LogP contribution in [0.2, 0.25) is 0 Å². The smallest absolute Gasteiger partial charge is 0.256 e. The van der Waals surface area contributed by atoms with E-state index in [4.69, 9.17) is 14.7 Å². The molecule has 0 unspecified atom stereocenters. The van der Waals surface area contributed by atoms with Gasteiger partial charge in [0, 0.05) is 24.7 Å². The Kier molecular flexibility index (Phi) is 6.16. The molecule has 0 bridgehead atoms. The number of methoxy groups -OCH3 is 2. The van der Waals surface area contributed by atoms with Crippen molar-refractivity contribution >= 4 is 17.5 Å². The van der Waals surface area contributed by atoms with Crippen LogP contribution in [-0.4, -0.2) is 44.0 Å². The third-order valence-electron chi connectivity index (χ3n) is 4.75. The van der Waals surface area contributed by atoms with Crippen molar-refractivity contribution in [2.45, 2.75) is 6.42 Å². The van der Waals surface area contributed by atoms with E-state index in [1.54, 1.807) is 18.2 Å². The summed E-state index contributed by atoms with van der Waals surface area (Å²) in [6.07, 6.45) is -0.156. The number of nitriles is 1. The predicted molar refractivity (Wildman–Crippen MR) is 103 cm³/mol. The molecule has 1 aliphatic rings. The lowest BCUT2D eigenvalue weighted by molar-refractivity contribution is -0.115. The summed E-state index contributed by atoms with van der Waals surface area (Å²) in [6, 6.07) is 8.46. The summed E-state index contributed by atoms with van der Waals surface area (Å²) in [5.41, 5.74) is -0.178. The van der Waals surface area contributed by atoms with Gasteiger partial charge in [0.25, 0.3) is 5.91 Å². The number of carbonyl (C=O) groups is 2. The summed E-state index contributed by atoms with van der Waals surface area (Å²) in [5, 5.41) is 11.2. The highest BCUT2D eigenvalue weighted by atomic mass is 19.1. The molecule has 0 spiro atoms. The van der Waals surface area contributed by atoms with Crippen LogP contribution in [0, 0.1) is 28.9 Å². The summed E-state index contributed by atoms with van der Waals surface area (Å²) in [5.74, 6) is -2.62. The molecular formula is C21H19F2N3O4. The van der Waals surface area contributed by atoms with Gasteiger partial charge >= 0.3 is 0 Å². The first-order valence-electron chi connectivity index (χ1n) is 9.05. The zero-order valence-corrected chi connectivity index (χ0v) is 16.4. The second-order valence-corrected chi connectivity index (χ2v) is 6.75. The molecule has 1 aliphatic heterocycles. The van der Waals surface area contributed by atoms with Crippen molar-refractivity contribution in [1.82, 2.24) is 4.90 Å². The molecule has 0 atom stereocenters. The minimum atomic E-state index is -1.04. The van der Waals surface area contributed by atoms with Gasteiger partial charge in [0.15, 0.2) is 0 Å². The van der Waals surface area contributed by atoms with Gasteiger partial charge in [0.1, 0.15) is 23.1 Å². The molecule has 1 heterocycles. The number of anilines is 1. The van der Waals surface area contributed by atoms with Crippen LogP contribution in [0.4, 0.5) is 14.5 Å². The Morgan fingerprint density at radius 3 is 2.53 bits per heavy atom. The normalized spacial score (nSPS) is 13.2. The van der Waals surface area contributed by atoms with Gasteiger partial charge in [-0.2, -0.15) is 5.26 Å². The van der Waals surface area contributed by atoms with E-state index in [1.165, 1.54) is 19.1 Å². The fourth-order valence-electron chi connectivity index (χ4n) is 3.09. The van der Waals surface area contributed by atoms with Crippen LogP contribution in [0.1, 0.15) is 15.9 Å². The molecule has 0 saturated carbocycles. The Hall–Kier alpha value is -3.67. The van der Waals surface area contributed by atoms with Gasteiger partial charge in [-0.25, -0.2) is 8.78 Å². The van der Waals surface area contributed by atoms with Crippen LogP contribution in [0.15, 0.2) is 30.3 Å². The number of halogens is 2. The number of likely N-dealkylation sites (tertiary alicyclic amines) is 1. The topological polar surface area (TPSA) is 91.7 Å². The van der Waals surface area contributed by atoms with E-state index in [-0.39, 0.29) is 36.7 Å². The quantitative estimate of drug-likeness (QED) is 0.783. The minimum Gasteiger partial charge on any atom is -0.497 e. The Balaban J connectivity index is 1.77. The molecule has 0 radical (unpaired) electrons. The van der Waals surface area contributed by atoms with Crippen molar-refractivity contribution < 1.29 is 27.8 Å². The number of ether oxygens (including phenoxy) is 2. The third kappa shape index (κ3) is 4.33. The van der Waals surface area contributed by atoms with Gasteiger partial charge in [0.2, 0.25) is 5.91 Å². The second kappa shape index (κ2) is 8.78. The molecule has 30 heavy (non-hydrogen) atoms. The van der Waals surface area contributed by atoms with E-state index in [1.807, 2.05) is 6.07 Å². The number of hydrogen-bond donors (Lipinski definition) is 1. The number of amides is 2. The monoisotopic (exact) mass is 415 g/mol. The molecule has 0 aliphatic carbocycles. The summed E-state index contributed by atoms with van der Waals surface area (Å²) >= 11 is 0. The molecule has 1 N–H and O–H groups in total. The average Bonchev–Trinajstić information content (AvgIpc) is 2.69. The van der Waals surface area contributed by atoms with Crippen LogP contribution in [0.25, 0.3) is 0 Å². The summed E-state index contributed by atoms with van der Waals surface area (Å²) in [7, 11) is 2.93. The van der Waals surface area contributed by atoms with E-state index in [0.717, 1.165) is 6.07 Å². The van der Waals surface area contributed by atoms with Crippen LogP contribution >= 0.6 is 0 Å². The molecular weight excluding hydrogens is 396 g/mol. The highest BCUT2D eigenvalue weighted by Crippen LogP contribution is 2.27. The fourth-order valence-corrected chi connectivity index (χ4v) is 3.09. The largest absolute Gasteiger partial charge is 0.497 e. The molecule has 0 aromatic heterocycles. The Bertz CT molecular complexity index is 1030. The molecule has 7 nitrogen and oxygen atoms in total. The van der Waals surface area contributed by atoms with Gasteiger partial charge in [-0.15, -0.1) is 0 Å². The van der Waals surface area contributed by atoms with Gasteiger partial charge in [-0.05, 0) is 24.3 Å². The highest BCUT2D eigenvalue weighted by molar-refractivity contribution is 5.98. The van der Waals surface area contributed by atoms with Gasteiger partial charge in [0.05, 0.1) is 43.9 Å². The molecule has 156 valence electrons. The van der Waals surface area contributed by atoms with E-state index in [9.17, 15) is 18.4 Å². The number of benzene rings is 2. The SMILES string of the molecule is COc1ccc(OC)c(CC(=O)Nc2cc(C(=O)N3CC(C#N)C3)c(F)cc2F)c1. The van der Waals surface area contributed by atoms with Crippen molar-refractivity contribution in [2.75, 3.05) is 32.6 Å². The van der Waals surface area contributed by atoms with E-state index in [0.29, 0.717) is 23.1 Å². The van der Waals surface area contributed by atoms with Crippen LogP contribution in [0.3, 0.4) is 0 Å². The molecule has 2 amide bonds. The maximum Gasteiger partial charge on any atom is 0.256 e. The number of carbonyl (C=O) groups excluding carboxylic acids is 2. The van der Waals surface area contributed by atoms with Crippen molar-refractivity contribution in [1.29, 1.82) is 5.26 Å². The molecule has 9 heteroatoms. The zero-order chi connectivity index (χ0) is 21.8. The van der Waals surface area contributed by atoms with Crippen molar-refractivity contribution in [3.8, 4) is 17.6 Å². The highest BCUT2D eigenvalue weighted by Gasteiger charge is 2.32. The molecule has 3 rings (SSSR count). The van der Waals surface area contributed by atoms with Crippen LogP contribution in [-0.2, 0) is 11.2 Å². The lowest BCUT2D eigenvalue weighted by Crippen LogP contribution is -2.49. The first-order valence-corrected chi connectivity index (χ1v) is 9.05. The number of nitrogens with one attached hydrogen (secondary N) is 1. The van der Waals surface area contributed by atoms with Crippen LogP contribution in [0.5, 0.6) is 11.5 Å². The third-order valence-corrected chi connectivity index (χ3v) is 4.75. The van der Waals surface area contributed by atoms with Crippen LogP contribution < -0.4 is 14.8 Å². The molecule has 1 saturated heterocycles. The first-order chi connectivity index (χ1) is 14.4. The first kappa shape index (κ1) is 21.0.